The maximum absolute atomic E-state index is 9.80. The zero-order valence-corrected chi connectivity index (χ0v) is 15.4. The summed E-state index contributed by atoms with van der Waals surface area (Å²) in [4.78, 5) is 4.13. The van der Waals surface area contributed by atoms with Gasteiger partial charge in [0, 0.05) is 24.4 Å². The molecule has 0 aliphatic carbocycles. The van der Waals surface area contributed by atoms with Crippen LogP contribution in [0.4, 0.5) is 0 Å². The van der Waals surface area contributed by atoms with Crippen molar-refractivity contribution in [3.8, 4) is 29.0 Å². The Balaban J connectivity index is 1.84. The Morgan fingerprint density at radius 3 is 2.21 bits per heavy atom. The van der Waals surface area contributed by atoms with Crippen molar-refractivity contribution in [3.05, 3.63) is 83.7 Å². The molecule has 138 valence electrons. The van der Waals surface area contributed by atoms with Crippen LogP contribution in [0, 0.1) is 22.7 Å². The van der Waals surface area contributed by atoms with Gasteiger partial charge in [0.25, 0.3) is 0 Å². The van der Waals surface area contributed by atoms with Crippen molar-refractivity contribution in [3.63, 3.8) is 0 Å². The molecule has 0 aliphatic heterocycles. The highest BCUT2D eigenvalue weighted by Gasteiger charge is 2.16. The van der Waals surface area contributed by atoms with Crippen molar-refractivity contribution in [2.24, 2.45) is 0 Å². The highest BCUT2D eigenvalue weighted by molar-refractivity contribution is 5.68. The number of benzene rings is 2. The minimum Gasteiger partial charge on any atom is -0.486 e. The monoisotopic (exact) mass is 369 g/mol. The zero-order chi connectivity index (χ0) is 19.9. The average Bonchev–Trinajstić information content (AvgIpc) is 2.73. The fourth-order valence-electron chi connectivity index (χ4n) is 2.94. The Morgan fingerprint density at radius 2 is 1.68 bits per heavy atom. The number of ether oxygens (including phenoxy) is 1. The maximum atomic E-state index is 9.80. The van der Waals surface area contributed by atoms with Gasteiger partial charge in [0.2, 0.25) is 0 Å². The molecule has 1 aromatic heterocycles. The molecule has 0 bridgehead atoms. The number of hydrogen-bond acceptors (Lipinski definition) is 5. The Hall–Kier alpha value is -3.67. The lowest BCUT2D eigenvalue weighted by Crippen LogP contribution is -2.14. The molecule has 0 radical (unpaired) electrons. The third-order valence-electron chi connectivity index (χ3n) is 4.27. The van der Waals surface area contributed by atoms with E-state index in [9.17, 15) is 5.11 Å². The van der Waals surface area contributed by atoms with Gasteiger partial charge in [-0.2, -0.15) is 10.5 Å². The highest BCUT2D eigenvalue weighted by atomic mass is 16.5. The van der Waals surface area contributed by atoms with Crippen LogP contribution in [0.15, 0.2) is 67.0 Å². The summed E-state index contributed by atoms with van der Waals surface area (Å²) in [5, 5.41) is 28.1. The second-order valence-electron chi connectivity index (χ2n) is 6.52. The number of nitriles is 2. The highest BCUT2D eigenvalue weighted by Crippen LogP contribution is 2.29. The summed E-state index contributed by atoms with van der Waals surface area (Å²) in [7, 11) is 0. The first kappa shape index (κ1) is 19.1. The van der Waals surface area contributed by atoms with Crippen molar-refractivity contribution >= 4 is 0 Å². The SMILES string of the molecule is CC(O)CC(Oc1ccc(-c2cc(C#N)cc(C#N)c2)cc1)c1cccnc1. The van der Waals surface area contributed by atoms with E-state index in [0.29, 0.717) is 23.3 Å². The van der Waals surface area contributed by atoms with E-state index in [4.69, 9.17) is 15.3 Å². The molecule has 2 aromatic carbocycles. The zero-order valence-electron chi connectivity index (χ0n) is 15.4. The van der Waals surface area contributed by atoms with Gasteiger partial charge in [-0.25, -0.2) is 0 Å². The molecule has 28 heavy (non-hydrogen) atoms. The molecule has 3 aromatic rings. The lowest BCUT2D eigenvalue weighted by molar-refractivity contribution is 0.106. The predicted octanol–water partition coefficient (Wildman–Crippen LogP) is 4.38. The van der Waals surface area contributed by atoms with Crippen LogP contribution in [0.1, 0.15) is 36.1 Å². The van der Waals surface area contributed by atoms with Crippen molar-refractivity contribution in [1.82, 2.24) is 4.98 Å². The van der Waals surface area contributed by atoms with Gasteiger partial charge in [-0.1, -0.05) is 18.2 Å². The van der Waals surface area contributed by atoms with Gasteiger partial charge in [-0.05, 0) is 54.4 Å². The van der Waals surface area contributed by atoms with E-state index in [1.807, 2.05) is 36.4 Å². The van der Waals surface area contributed by atoms with Crippen LogP contribution < -0.4 is 4.74 Å². The number of hydrogen-bond donors (Lipinski definition) is 1. The molecule has 0 saturated heterocycles. The Labute approximate surface area is 164 Å². The number of aliphatic hydroxyl groups is 1. The van der Waals surface area contributed by atoms with Gasteiger partial charge in [0.05, 0.1) is 29.4 Å². The van der Waals surface area contributed by atoms with Crippen molar-refractivity contribution < 1.29 is 9.84 Å². The molecule has 0 amide bonds. The maximum Gasteiger partial charge on any atom is 0.128 e. The van der Waals surface area contributed by atoms with E-state index >= 15 is 0 Å². The Kier molecular flexibility index (Phi) is 6.01. The van der Waals surface area contributed by atoms with E-state index in [2.05, 4.69) is 17.1 Å². The van der Waals surface area contributed by atoms with E-state index in [1.165, 1.54) is 0 Å². The molecule has 1 heterocycles. The van der Waals surface area contributed by atoms with Crippen molar-refractivity contribution in [2.75, 3.05) is 0 Å². The van der Waals surface area contributed by atoms with Gasteiger partial charge < -0.3 is 9.84 Å². The summed E-state index contributed by atoms with van der Waals surface area (Å²) in [6, 6.07) is 20.4. The summed E-state index contributed by atoms with van der Waals surface area (Å²) in [5.74, 6) is 0.662. The minimum atomic E-state index is -0.511. The second-order valence-corrected chi connectivity index (χ2v) is 6.52. The molecular weight excluding hydrogens is 350 g/mol. The van der Waals surface area contributed by atoms with Gasteiger partial charge in [0.1, 0.15) is 11.9 Å². The largest absolute Gasteiger partial charge is 0.486 e. The van der Waals surface area contributed by atoms with Crippen LogP contribution in [0.5, 0.6) is 5.75 Å². The quantitative estimate of drug-likeness (QED) is 0.696. The summed E-state index contributed by atoms with van der Waals surface area (Å²) in [5.41, 5.74) is 3.48. The summed E-state index contributed by atoms with van der Waals surface area (Å²) in [6.45, 7) is 1.73. The lowest BCUT2D eigenvalue weighted by Gasteiger charge is -2.21. The number of aromatic nitrogens is 1. The van der Waals surface area contributed by atoms with Crippen LogP contribution >= 0.6 is 0 Å². The van der Waals surface area contributed by atoms with Crippen LogP contribution in [-0.2, 0) is 0 Å². The average molecular weight is 369 g/mol. The summed E-state index contributed by atoms with van der Waals surface area (Å²) < 4.78 is 6.09. The van der Waals surface area contributed by atoms with Crippen LogP contribution in [-0.4, -0.2) is 16.2 Å². The lowest BCUT2D eigenvalue weighted by atomic mass is 10.0. The third-order valence-corrected chi connectivity index (χ3v) is 4.27. The molecule has 5 heteroatoms. The first-order valence-corrected chi connectivity index (χ1v) is 8.89. The van der Waals surface area contributed by atoms with Gasteiger partial charge in [-0.3, -0.25) is 4.98 Å². The van der Waals surface area contributed by atoms with E-state index < -0.39 is 6.10 Å². The molecule has 2 atom stereocenters. The fraction of sp³-hybridized carbons (Fsp3) is 0.174. The topological polar surface area (TPSA) is 89.9 Å². The van der Waals surface area contributed by atoms with Gasteiger partial charge in [0.15, 0.2) is 0 Å². The molecule has 0 fully saturated rings. The standard InChI is InChI=1S/C23H19N3O2/c1-16(27)9-23(20-3-2-8-26-15-20)28-22-6-4-19(5-7-22)21-11-17(13-24)10-18(12-21)14-25/h2-8,10-12,15-16,23,27H,9H2,1H3. The van der Waals surface area contributed by atoms with Crippen molar-refractivity contribution in [1.29, 1.82) is 10.5 Å². The summed E-state index contributed by atoms with van der Waals surface area (Å²) in [6.07, 6.45) is 3.05. The normalized spacial score (nSPS) is 12.4. The van der Waals surface area contributed by atoms with Gasteiger partial charge in [-0.15, -0.1) is 0 Å². The Morgan fingerprint density at radius 1 is 1.00 bits per heavy atom. The molecule has 0 aliphatic rings. The Bertz CT molecular complexity index is 984. The molecule has 0 spiro atoms. The fourth-order valence-corrected chi connectivity index (χ4v) is 2.94. The van der Waals surface area contributed by atoms with E-state index in [1.54, 1.807) is 37.5 Å². The molecule has 5 nitrogen and oxygen atoms in total. The van der Waals surface area contributed by atoms with Gasteiger partial charge >= 0.3 is 0 Å². The molecule has 2 unspecified atom stereocenters. The first-order chi connectivity index (χ1) is 13.6. The second kappa shape index (κ2) is 8.81. The minimum absolute atomic E-state index is 0.313. The first-order valence-electron chi connectivity index (χ1n) is 8.89. The molecule has 0 saturated carbocycles. The number of aliphatic hydroxyl groups excluding tert-OH is 1. The summed E-state index contributed by atoms with van der Waals surface area (Å²) >= 11 is 0. The number of pyridine rings is 1. The van der Waals surface area contributed by atoms with Crippen LogP contribution in [0.3, 0.4) is 0 Å². The van der Waals surface area contributed by atoms with Crippen LogP contribution in [0.2, 0.25) is 0 Å². The van der Waals surface area contributed by atoms with E-state index in [0.717, 1.165) is 16.7 Å². The van der Waals surface area contributed by atoms with E-state index in [-0.39, 0.29) is 6.10 Å². The number of rotatable bonds is 6. The molecular formula is C23H19N3O2. The molecule has 1 N–H and O–H groups in total. The molecule has 3 rings (SSSR count). The smallest absolute Gasteiger partial charge is 0.128 e. The van der Waals surface area contributed by atoms with Crippen molar-refractivity contribution in [2.45, 2.75) is 25.6 Å². The third kappa shape index (κ3) is 4.73. The predicted molar refractivity (Wildman–Crippen MR) is 105 cm³/mol. The number of nitrogens with zero attached hydrogens (tertiary/aromatic N) is 3. The van der Waals surface area contributed by atoms with Crippen LogP contribution in [0.25, 0.3) is 11.1 Å².